The van der Waals surface area contributed by atoms with Gasteiger partial charge in [-0.1, -0.05) is 17.7 Å². The van der Waals surface area contributed by atoms with Crippen LogP contribution in [0.25, 0.3) is 0 Å². The fourth-order valence-electron chi connectivity index (χ4n) is 1.44. The van der Waals surface area contributed by atoms with E-state index in [-0.39, 0.29) is 21.2 Å². The van der Waals surface area contributed by atoms with Gasteiger partial charge in [-0.2, -0.15) is 11.3 Å². The van der Waals surface area contributed by atoms with Crippen molar-refractivity contribution >= 4 is 44.6 Å². The van der Waals surface area contributed by atoms with E-state index in [1.807, 2.05) is 0 Å². The quantitative estimate of drug-likeness (QED) is 0.908. The second-order valence-electron chi connectivity index (χ2n) is 3.53. The maximum Gasteiger partial charge on any atom is 0.339 e. The third-order valence-corrected chi connectivity index (χ3v) is 4.79. The molecule has 1 heterocycles. The van der Waals surface area contributed by atoms with Crippen LogP contribution < -0.4 is 4.72 Å². The number of carboxylic acid groups (broad SMARTS) is 1. The SMILES string of the molecule is O=C(O)c1c(Cl)cccc1NS(=O)(=O)c1ccsc1. The van der Waals surface area contributed by atoms with Crippen LogP contribution in [0.3, 0.4) is 0 Å². The number of halogens is 1. The number of carbonyl (C=O) groups is 1. The summed E-state index contributed by atoms with van der Waals surface area (Å²) >= 11 is 6.99. The molecule has 0 spiro atoms. The Morgan fingerprint density at radius 1 is 1.32 bits per heavy atom. The van der Waals surface area contributed by atoms with Gasteiger partial charge in [-0.05, 0) is 23.6 Å². The standard InChI is InChI=1S/C11H8ClNO4S2/c12-8-2-1-3-9(10(8)11(14)15)13-19(16,17)7-4-5-18-6-7/h1-6,13H,(H,14,15). The highest BCUT2D eigenvalue weighted by molar-refractivity contribution is 7.92. The van der Waals surface area contributed by atoms with Crippen molar-refractivity contribution < 1.29 is 18.3 Å². The molecule has 1 aromatic carbocycles. The van der Waals surface area contributed by atoms with Gasteiger partial charge in [-0.3, -0.25) is 4.72 Å². The molecule has 19 heavy (non-hydrogen) atoms. The summed E-state index contributed by atoms with van der Waals surface area (Å²) in [7, 11) is -3.80. The van der Waals surface area contributed by atoms with Crippen LogP contribution in [0.4, 0.5) is 5.69 Å². The lowest BCUT2D eigenvalue weighted by atomic mass is 10.2. The lowest BCUT2D eigenvalue weighted by Crippen LogP contribution is -2.15. The van der Waals surface area contributed by atoms with Crippen molar-refractivity contribution in [2.45, 2.75) is 4.90 Å². The van der Waals surface area contributed by atoms with Crippen molar-refractivity contribution in [2.75, 3.05) is 4.72 Å². The molecule has 0 saturated carbocycles. The molecule has 0 unspecified atom stereocenters. The predicted octanol–water partition coefficient (Wildman–Crippen LogP) is 2.90. The Morgan fingerprint density at radius 2 is 2.05 bits per heavy atom. The van der Waals surface area contributed by atoms with Crippen LogP contribution in [0.5, 0.6) is 0 Å². The first kappa shape index (κ1) is 13.9. The van der Waals surface area contributed by atoms with E-state index in [9.17, 15) is 13.2 Å². The first-order valence-corrected chi connectivity index (χ1v) is 7.79. The smallest absolute Gasteiger partial charge is 0.339 e. The fraction of sp³-hybridized carbons (Fsp3) is 0. The zero-order valence-corrected chi connectivity index (χ0v) is 11.7. The van der Waals surface area contributed by atoms with E-state index in [0.29, 0.717) is 0 Å². The van der Waals surface area contributed by atoms with Crippen molar-refractivity contribution in [3.63, 3.8) is 0 Å². The summed E-state index contributed by atoms with van der Waals surface area (Å²) in [5, 5.41) is 12.1. The lowest BCUT2D eigenvalue weighted by Gasteiger charge is -2.10. The number of carboxylic acids is 1. The number of sulfonamides is 1. The van der Waals surface area contributed by atoms with Crippen LogP contribution in [0.2, 0.25) is 5.02 Å². The molecule has 0 saturated heterocycles. The molecule has 0 amide bonds. The minimum absolute atomic E-state index is 0.0296. The third kappa shape index (κ3) is 2.89. The average molecular weight is 318 g/mol. The van der Waals surface area contributed by atoms with E-state index < -0.39 is 16.0 Å². The van der Waals surface area contributed by atoms with Crippen LogP contribution in [-0.2, 0) is 10.0 Å². The summed E-state index contributed by atoms with van der Waals surface area (Å²) in [5.74, 6) is -1.30. The molecule has 2 rings (SSSR count). The number of thiophene rings is 1. The summed E-state index contributed by atoms with van der Waals surface area (Å²) in [5.41, 5.74) is -0.339. The highest BCUT2D eigenvalue weighted by Gasteiger charge is 2.20. The highest BCUT2D eigenvalue weighted by atomic mass is 35.5. The van der Waals surface area contributed by atoms with Gasteiger partial charge in [-0.15, -0.1) is 0 Å². The summed E-state index contributed by atoms with van der Waals surface area (Å²) in [6.45, 7) is 0. The van der Waals surface area contributed by atoms with Crippen LogP contribution >= 0.6 is 22.9 Å². The predicted molar refractivity (Wildman–Crippen MR) is 73.5 cm³/mol. The molecule has 0 radical (unpaired) electrons. The molecule has 2 N–H and O–H groups in total. The molecule has 5 nitrogen and oxygen atoms in total. The maximum absolute atomic E-state index is 12.0. The molecule has 0 bridgehead atoms. The largest absolute Gasteiger partial charge is 0.478 e. The van der Waals surface area contributed by atoms with Gasteiger partial charge in [-0.25, -0.2) is 13.2 Å². The van der Waals surface area contributed by atoms with Crippen LogP contribution in [-0.4, -0.2) is 19.5 Å². The number of hydrogen-bond acceptors (Lipinski definition) is 4. The van der Waals surface area contributed by atoms with Crippen molar-refractivity contribution in [1.82, 2.24) is 0 Å². The highest BCUT2D eigenvalue weighted by Crippen LogP contribution is 2.27. The van der Waals surface area contributed by atoms with Gasteiger partial charge in [0.1, 0.15) is 5.56 Å². The molecule has 2 aromatic rings. The summed E-state index contributed by atoms with van der Waals surface area (Å²) in [6.07, 6.45) is 0. The molecular weight excluding hydrogens is 310 g/mol. The minimum atomic E-state index is -3.80. The molecule has 1 aromatic heterocycles. The Kier molecular flexibility index (Phi) is 3.79. The first-order chi connectivity index (χ1) is 8.92. The van der Waals surface area contributed by atoms with Gasteiger partial charge in [0, 0.05) is 5.38 Å². The van der Waals surface area contributed by atoms with E-state index in [4.69, 9.17) is 16.7 Å². The van der Waals surface area contributed by atoms with Gasteiger partial charge in [0.05, 0.1) is 15.6 Å². The Bertz CT molecular complexity index is 710. The van der Waals surface area contributed by atoms with E-state index in [0.717, 1.165) is 0 Å². The lowest BCUT2D eigenvalue weighted by molar-refractivity contribution is 0.0698. The van der Waals surface area contributed by atoms with E-state index >= 15 is 0 Å². The summed E-state index contributed by atoms with van der Waals surface area (Å²) in [6, 6.07) is 5.63. The minimum Gasteiger partial charge on any atom is -0.478 e. The van der Waals surface area contributed by atoms with Crippen molar-refractivity contribution in [1.29, 1.82) is 0 Å². The molecular formula is C11H8ClNO4S2. The zero-order valence-electron chi connectivity index (χ0n) is 9.33. The monoisotopic (exact) mass is 317 g/mol. The summed E-state index contributed by atoms with van der Waals surface area (Å²) in [4.78, 5) is 11.2. The number of aromatic carboxylic acids is 1. The van der Waals surface area contributed by atoms with E-state index in [1.165, 1.54) is 41.0 Å². The first-order valence-electron chi connectivity index (χ1n) is 4.98. The Hall–Kier alpha value is -1.57. The molecule has 0 atom stereocenters. The second-order valence-corrected chi connectivity index (χ2v) is 6.40. The molecule has 0 aliphatic rings. The molecule has 0 aliphatic carbocycles. The fourth-order valence-corrected chi connectivity index (χ4v) is 3.79. The Morgan fingerprint density at radius 3 is 2.63 bits per heavy atom. The topological polar surface area (TPSA) is 83.5 Å². The van der Waals surface area contributed by atoms with Gasteiger partial charge >= 0.3 is 5.97 Å². The van der Waals surface area contributed by atoms with Crippen LogP contribution in [0.15, 0.2) is 39.9 Å². The number of anilines is 1. The van der Waals surface area contributed by atoms with Gasteiger partial charge < -0.3 is 5.11 Å². The van der Waals surface area contributed by atoms with E-state index in [2.05, 4.69) is 4.72 Å². The second kappa shape index (κ2) is 5.20. The molecule has 0 aliphatic heterocycles. The number of rotatable bonds is 4. The average Bonchev–Trinajstić information content (AvgIpc) is 2.81. The zero-order chi connectivity index (χ0) is 14.0. The molecule has 0 fully saturated rings. The normalized spacial score (nSPS) is 11.2. The van der Waals surface area contributed by atoms with Crippen molar-refractivity contribution in [3.05, 3.63) is 45.6 Å². The van der Waals surface area contributed by atoms with E-state index in [1.54, 1.807) is 5.38 Å². The molecule has 8 heteroatoms. The summed E-state index contributed by atoms with van der Waals surface area (Å²) < 4.78 is 26.2. The maximum atomic E-state index is 12.0. The van der Waals surface area contributed by atoms with Gasteiger partial charge in [0.2, 0.25) is 0 Å². The van der Waals surface area contributed by atoms with Crippen molar-refractivity contribution in [2.24, 2.45) is 0 Å². The van der Waals surface area contributed by atoms with Crippen LogP contribution in [0, 0.1) is 0 Å². The number of benzene rings is 1. The number of hydrogen-bond donors (Lipinski definition) is 2. The van der Waals surface area contributed by atoms with Crippen molar-refractivity contribution in [3.8, 4) is 0 Å². The Balaban J connectivity index is 2.45. The molecule has 100 valence electrons. The van der Waals surface area contributed by atoms with Gasteiger partial charge in [0.25, 0.3) is 10.0 Å². The third-order valence-electron chi connectivity index (χ3n) is 2.28. The number of nitrogens with one attached hydrogen (secondary N) is 1. The van der Waals surface area contributed by atoms with Gasteiger partial charge in [0.15, 0.2) is 0 Å². The van der Waals surface area contributed by atoms with Crippen LogP contribution in [0.1, 0.15) is 10.4 Å². The Labute approximate surface area is 118 Å².